The number of rotatable bonds is 26. The van der Waals surface area contributed by atoms with Crippen molar-refractivity contribution in [2.24, 2.45) is 63.1 Å². The number of para-hydroxylation sites is 1. The number of primary amides is 1. The Morgan fingerprint density at radius 3 is 1.76 bits per heavy atom. The predicted molar refractivity (Wildman–Crippen MR) is 411 cm³/mol. The maximum Gasteiger partial charge on any atom is 0.312 e. The molecule has 5 heterocycles. The van der Waals surface area contributed by atoms with Crippen LogP contribution in [0.1, 0.15) is 146 Å². The molecule has 3 saturated heterocycles. The second-order valence-corrected chi connectivity index (χ2v) is 30.7. The van der Waals surface area contributed by atoms with E-state index < -0.39 is 168 Å². The van der Waals surface area contributed by atoms with E-state index in [1.807, 2.05) is 24.3 Å². The van der Waals surface area contributed by atoms with E-state index in [4.69, 9.17) is 34.4 Å². The van der Waals surface area contributed by atoms with Crippen LogP contribution in [0.3, 0.4) is 0 Å². The molecule has 2 bridgehead atoms. The van der Waals surface area contributed by atoms with Gasteiger partial charge in [0.05, 0.1) is 12.4 Å². The quantitative estimate of drug-likeness (QED) is 0.0180. The van der Waals surface area contributed by atoms with Gasteiger partial charge in [0.25, 0.3) is 0 Å². The molecule has 0 aliphatic carbocycles. The zero-order valence-corrected chi connectivity index (χ0v) is 63.1. The van der Waals surface area contributed by atoms with Crippen LogP contribution in [0.15, 0.2) is 78.3 Å². The fraction of sp³-hybridized carbons (Fsp3) is 0.581. The number of H-pyrrole nitrogens is 2. The number of aromatic nitrogens is 3. The van der Waals surface area contributed by atoms with Gasteiger partial charge >= 0.3 is 6.03 Å². The lowest BCUT2D eigenvalue weighted by molar-refractivity contribution is -0.142. The van der Waals surface area contributed by atoms with E-state index in [0.29, 0.717) is 55.3 Å². The standard InChI is InChI=1S/C74H109N19O13S2/c1-44-32-62(95)49-37-63(96)47(34-48-39-84-52-20-6-5-19-51(48)52)36-64(97)53(23-13-30-83-74(80)106)86-69(102)57(33-45-16-3-2-4-17-45)90-70(103)58(38-50-40-81-43-85-50)91-71(104)60-25-15-31-93(60)72(105)59(42-108-107-41-49)92-68(101)56(24-14-29-82-73(78)79)89-67(100)55(22-9-12-28-77)88-66(99)54(21-8-11-27-76)87-65(98)46(35-61(44)94)18-7-10-26-75/h2-6,16-17,19-20,39-40,43-44,46-47,49,53-60,84H,7-15,18,21-38,41-42,75-77H2,1H3,(H,81,85)(H,86,102)(H,87,98)(H,88,99)(H,89,100)(H,90,103)(H,91,104)(H,92,101)(H4,78,79,82)(H3,80,83,106)/t44-,46-,47-,49+,53+,54+,55+,56+,57-,58+,59+,60+/m1/s1. The Bertz CT molecular complexity index is 3710. The zero-order valence-electron chi connectivity index (χ0n) is 61.5. The van der Waals surface area contributed by atoms with Crippen LogP contribution >= 0.6 is 21.6 Å². The minimum Gasteiger partial charge on any atom is -0.370 e. The Balaban J connectivity index is 1.38. The molecule has 0 unspecified atom stereocenters. The van der Waals surface area contributed by atoms with Crippen LogP contribution in [0, 0.1) is 23.7 Å². The molecule has 0 spiro atoms. The maximum atomic E-state index is 15.7. The van der Waals surface area contributed by atoms with Gasteiger partial charge in [-0.15, -0.1) is 0 Å². The lowest BCUT2D eigenvalue weighted by Crippen LogP contribution is -2.60. The van der Waals surface area contributed by atoms with Gasteiger partial charge in [0.15, 0.2) is 11.7 Å². The number of hydrogen-bond donors (Lipinski definition) is 16. The number of hydrogen-bond acceptors (Lipinski definition) is 20. The molecule has 3 fully saturated rings. The molecule has 12 atom stereocenters. The highest BCUT2D eigenvalue weighted by molar-refractivity contribution is 8.76. The number of unbranched alkanes of at least 4 members (excludes halogenated alkanes) is 3. The number of fused-ring (bicyclic) bond motifs is 7. The number of ketones is 4. The second kappa shape index (κ2) is 44.9. The number of guanidine groups is 1. The number of nitrogens with one attached hydrogen (secondary N) is 10. The van der Waals surface area contributed by atoms with Gasteiger partial charge in [0.1, 0.15) is 59.6 Å². The molecule has 10 amide bonds. The van der Waals surface area contributed by atoms with Crippen molar-refractivity contribution in [1.82, 2.24) is 62.4 Å². The smallest absolute Gasteiger partial charge is 0.312 e. The predicted octanol–water partition coefficient (Wildman–Crippen LogP) is 0.923. The SMILES string of the molecule is C[C@@H]1CC(=O)[C@@H]2CSSC[C@H](NC(=O)[C@H](CCCN=C(N)N)NC(=O)[C@H](CCCCN)NC(=O)[C@H](CCCCN)NC(=O)[C@H](CCCCN)CC1=O)C(=O)N1CCC[C@H]1C(=O)N[C@@H](Cc1cnc[nH]1)C(=O)N[C@H](Cc1ccccc1)C(=O)N[C@@H](CCCNC(N)=O)C(=O)C[C@@H](Cc1c[nH]c3ccccc13)C(=O)C2. The number of Topliss-reactive ketones (excluding diaryl/α,β-unsaturated/α-hetero) is 4. The van der Waals surface area contributed by atoms with E-state index in [-0.39, 0.29) is 140 Å². The highest BCUT2D eigenvalue weighted by Crippen LogP contribution is 2.33. The van der Waals surface area contributed by atoms with Crippen molar-refractivity contribution in [3.8, 4) is 0 Å². The first kappa shape index (κ1) is 86.0. The number of benzene rings is 2. The summed E-state index contributed by atoms with van der Waals surface area (Å²) in [6.07, 6.45) is 5.63. The van der Waals surface area contributed by atoms with E-state index in [0.717, 1.165) is 32.5 Å². The largest absolute Gasteiger partial charge is 0.370 e. The molecule has 32 nitrogen and oxygen atoms in total. The number of nitrogens with two attached hydrogens (primary N) is 6. The molecule has 590 valence electrons. The van der Waals surface area contributed by atoms with Crippen molar-refractivity contribution in [2.75, 3.05) is 50.8 Å². The van der Waals surface area contributed by atoms with Crippen LogP contribution < -0.4 is 76.9 Å². The summed E-state index contributed by atoms with van der Waals surface area (Å²) in [5.74, 6) is -13.3. The van der Waals surface area contributed by atoms with E-state index in [2.05, 4.69) is 62.5 Å². The fourth-order valence-corrected chi connectivity index (χ4v) is 16.2. The third-order valence-corrected chi connectivity index (χ3v) is 22.3. The highest BCUT2D eigenvalue weighted by atomic mass is 33.1. The molecule has 3 aliphatic rings. The molecule has 3 aliphatic heterocycles. The minimum atomic E-state index is -1.50. The molecule has 34 heteroatoms. The third kappa shape index (κ3) is 27.5. The molecule has 7 rings (SSSR count). The zero-order chi connectivity index (χ0) is 78.1. The highest BCUT2D eigenvalue weighted by Gasteiger charge is 2.42. The number of carbonyl (C=O) groups excluding carboxylic acids is 13. The summed E-state index contributed by atoms with van der Waals surface area (Å²) < 4.78 is 0. The van der Waals surface area contributed by atoms with E-state index >= 15 is 38.4 Å². The molecule has 2 aromatic heterocycles. The van der Waals surface area contributed by atoms with Crippen LogP contribution in [0.4, 0.5) is 4.79 Å². The fourth-order valence-electron chi connectivity index (χ4n) is 13.7. The van der Waals surface area contributed by atoms with Crippen LogP contribution in [-0.4, -0.2) is 201 Å². The second-order valence-electron chi connectivity index (χ2n) is 28.1. The number of aliphatic imine (C=N–C) groups is 1. The van der Waals surface area contributed by atoms with Crippen molar-refractivity contribution in [3.63, 3.8) is 0 Å². The Labute approximate surface area is 636 Å². The van der Waals surface area contributed by atoms with Gasteiger partial charge in [-0.2, -0.15) is 0 Å². The van der Waals surface area contributed by atoms with Gasteiger partial charge in [-0.3, -0.25) is 62.5 Å². The normalized spacial score (nSPS) is 25.0. The Kier molecular flexibility index (Phi) is 35.8. The van der Waals surface area contributed by atoms with Crippen molar-refractivity contribution in [2.45, 2.75) is 197 Å². The summed E-state index contributed by atoms with van der Waals surface area (Å²) in [6, 6.07) is 4.21. The Hall–Kier alpha value is -9.25. The third-order valence-electron chi connectivity index (χ3n) is 19.8. The lowest BCUT2D eigenvalue weighted by atomic mass is 9.82. The van der Waals surface area contributed by atoms with E-state index in [1.165, 1.54) is 17.4 Å². The molecule has 2 aromatic carbocycles. The minimum absolute atomic E-state index is 0.000690. The molecule has 108 heavy (non-hydrogen) atoms. The van der Waals surface area contributed by atoms with Crippen LogP contribution in [0.5, 0.6) is 0 Å². The Morgan fingerprint density at radius 2 is 1.11 bits per heavy atom. The number of aromatic amines is 2. The number of nitrogens with zero attached hydrogens (tertiary/aromatic N) is 3. The van der Waals surface area contributed by atoms with Gasteiger partial charge < -0.3 is 91.8 Å². The van der Waals surface area contributed by atoms with E-state index in [1.54, 1.807) is 43.5 Å². The first-order chi connectivity index (χ1) is 52.0. The molecule has 0 saturated carbocycles. The molecular weight excluding hydrogens is 1430 g/mol. The summed E-state index contributed by atoms with van der Waals surface area (Å²) in [5.41, 5.74) is 37.0. The lowest BCUT2D eigenvalue weighted by Gasteiger charge is -2.31. The number of carbonyl (C=O) groups is 13. The average molecular weight is 1540 g/mol. The van der Waals surface area contributed by atoms with Crippen LogP contribution in [0.25, 0.3) is 10.9 Å². The summed E-state index contributed by atoms with van der Waals surface area (Å²) in [6.45, 7) is 2.32. The van der Waals surface area contributed by atoms with Crippen molar-refractivity contribution in [1.29, 1.82) is 0 Å². The van der Waals surface area contributed by atoms with Crippen molar-refractivity contribution < 1.29 is 62.3 Å². The number of urea groups is 1. The first-order valence-electron chi connectivity index (χ1n) is 37.5. The van der Waals surface area contributed by atoms with Crippen LogP contribution in [0.2, 0.25) is 0 Å². The van der Waals surface area contributed by atoms with Crippen molar-refractivity contribution in [3.05, 3.63) is 90.1 Å². The number of imidazole rings is 1. The summed E-state index contributed by atoms with van der Waals surface area (Å²) in [4.78, 5) is 209. The van der Waals surface area contributed by atoms with E-state index in [9.17, 15) is 24.0 Å². The summed E-state index contributed by atoms with van der Waals surface area (Å²) in [5, 5.41) is 23.2. The average Bonchev–Trinajstić information content (AvgIpc) is 1.63. The molecule has 0 radical (unpaired) electrons. The first-order valence-corrected chi connectivity index (χ1v) is 40.0. The molecule has 22 N–H and O–H groups in total. The van der Waals surface area contributed by atoms with Gasteiger partial charge in [-0.1, -0.05) is 83.5 Å². The summed E-state index contributed by atoms with van der Waals surface area (Å²) >= 11 is 0. The van der Waals surface area contributed by atoms with Gasteiger partial charge in [0.2, 0.25) is 47.3 Å². The van der Waals surface area contributed by atoms with Crippen LogP contribution in [-0.2, 0) is 76.8 Å². The summed E-state index contributed by atoms with van der Waals surface area (Å²) in [7, 11) is 2.14. The molecular formula is C74H109N19O13S2. The van der Waals surface area contributed by atoms with Gasteiger partial charge in [-0.25, -0.2) is 9.78 Å². The number of amides is 10. The molecule has 4 aromatic rings. The monoisotopic (exact) mass is 1540 g/mol. The van der Waals surface area contributed by atoms with Gasteiger partial charge in [-0.05, 0) is 133 Å². The topological polar surface area (TPSA) is 534 Å². The van der Waals surface area contributed by atoms with Crippen molar-refractivity contribution >= 4 is 115 Å². The maximum absolute atomic E-state index is 15.7. The van der Waals surface area contributed by atoms with Gasteiger partial charge in [0, 0.05) is 122 Å². The Morgan fingerprint density at radius 1 is 0.546 bits per heavy atom.